The van der Waals surface area contributed by atoms with Crippen LogP contribution in [0.3, 0.4) is 0 Å². The molecular weight excluding hydrogens is 488 g/mol. The average Bonchev–Trinajstić information content (AvgIpc) is 3.37. The van der Waals surface area contributed by atoms with Crippen molar-refractivity contribution in [3.8, 4) is 11.1 Å². The number of benzene rings is 1. The average molecular weight is 529 g/mol. The molecule has 1 atom stereocenters. The van der Waals surface area contributed by atoms with Gasteiger partial charge in [0.2, 0.25) is 0 Å². The lowest BCUT2D eigenvalue weighted by Gasteiger charge is -2.28. The van der Waals surface area contributed by atoms with E-state index in [1.165, 1.54) is 0 Å². The Hall–Kier alpha value is -3.46. The fourth-order valence-electron chi connectivity index (χ4n) is 5.55. The molecule has 5 rings (SSSR count). The summed E-state index contributed by atoms with van der Waals surface area (Å²) in [6.45, 7) is 12.4. The fraction of sp³-hybridized carbons (Fsp3) is 0.419. The summed E-state index contributed by atoms with van der Waals surface area (Å²) >= 11 is 0. The van der Waals surface area contributed by atoms with Crippen molar-refractivity contribution in [3.05, 3.63) is 81.5 Å². The molecular formula is C31H40N6O2. The van der Waals surface area contributed by atoms with E-state index in [2.05, 4.69) is 76.3 Å². The SMILES string of the molecule is CCCc1cc(C)[nH]c(=O)c1CNC(O)c1cc(-c2ccc(N3CCNCC3)nc2)cc2c1ccn2C(C)C. The molecule has 8 nitrogen and oxygen atoms in total. The molecule has 0 spiro atoms. The number of anilines is 1. The molecule has 4 heterocycles. The van der Waals surface area contributed by atoms with Crippen LogP contribution >= 0.6 is 0 Å². The molecule has 1 aromatic carbocycles. The summed E-state index contributed by atoms with van der Waals surface area (Å²) in [6.07, 6.45) is 4.83. The molecule has 0 bridgehead atoms. The third kappa shape index (κ3) is 5.78. The van der Waals surface area contributed by atoms with Crippen molar-refractivity contribution in [2.75, 3.05) is 31.1 Å². The van der Waals surface area contributed by atoms with Crippen LogP contribution in [0.25, 0.3) is 22.0 Å². The highest BCUT2D eigenvalue weighted by Crippen LogP contribution is 2.33. The molecule has 1 aliphatic heterocycles. The van der Waals surface area contributed by atoms with Gasteiger partial charge in [0.25, 0.3) is 5.56 Å². The lowest BCUT2D eigenvalue weighted by Crippen LogP contribution is -2.43. The van der Waals surface area contributed by atoms with Crippen LogP contribution < -0.4 is 21.1 Å². The monoisotopic (exact) mass is 528 g/mol. The summed E-state index contributed by atoms with van der Waals surface area (Å²) in [5, 5.41) is 19.0. The van der Waals surface area contributed by atoms with E-state index in [4.69, 9.17) is 4.98 Å². The second-order valence-corrected chi connectivity index (χ2v) is 10.8. The first-order valence-electron chi connectivity index (χ1n) is 14.1. The van der Waals surface area contributed by atoms with Crippen molar-refractivity contribution in [1.29, 1.82) is 0 Å². The van der Waals surface area contributed by atoms with Gasteiger partial charge in [-0.2, -0.15) is 0 Å². The fourth-order valence-corrected chi connectivity index (χ4v) is 5.55. The van der Waals surface area contributed by atoms with Gasteiger partial charge < -0.3 is 24.9 Å². The molecule has 0 saturated carbocycles. The highest BCUT2D eigenvalue weighted by Gasteiger charge is 2.19. The number of aliphatic hydroxyl groups excluding tert-OH is 1. The van der Waals surface area contributed by atoms with E-state index in [0.717, 1.165) is 83.7 Å². The predicted octanol–water partition coefficient (Wildman–Crippen LogP) is 4.42. The molecule has 0 aliphatic carbocycles. The molecule has 206 valence electrons. The van der Waals surface area contributed by atoms with E-state index in [-0.39, 0.29) is 18.1 Å². The Morgan fingerprint density at radius 1 is 1.10 bits per heavy atom. The maximum Gasteiger partial charge on any atom is 0.252 e. The number of rotatable bonds is 9. The quantitative estimate of drug-likeness (QED) is 0.240. The van der Waals surface area contributed by atoms with Gasteiger partial charge in [-0.05, 0) is 74.7 Å². The number of hydrogen-bond acceptors (Lipinski definition) is 6. The van der Waals surface area contributed by atoms with Crippen molar-refractivity contribution in [2.24, 2.45) is 0 Å². The van der Waals surface area contributed by atoms with Crippen LogP contribution in [-0.2, 0) is 13.0 Å². The molecule has 8 heteroatoms. The number of fused-ring (bicyclic) bond motifs is 1. The summed E-state index contributed by atoms with van der Waals surface area (Å²) in [7, 11) is 0. The molecule has 3 aromatic heterocycles. The van der Waals surface area contributed by atoms with Gasteiger partial charge in [-0.25, -0.2) is 4.98 Å². The van der Waals surface area contributed by atoms with Crippen LogP contribution in [0, 0.1) is 6.92 Å². The van der Waals surface area contributed by atoms with Crippen LogP contribution in [0.5, 0.6) is 0 Å². The normalized spacial score (nSPS) is 14.9. The molecule has 4 N–H and O–H groups in total. The molecule has 39 heavy (non-hydrogen) atoms. The van der Waals surface area contributed by atoms with Gasteiger partial charge in [-0.15, -0.1) is 0 Å². The van der Waals surface area contributed by atoms with E-state index >= 15 is 0 Å². The number of nitrogens with one attached hydrogen (secondary N) is 3. The lowest BCUT2D eigenvalue weighted by atomic mass is 9.99. The summed E-state index contributed by atoms with van der Waals surface area (Å²) in [5.74, 6) is 0.986. The predicted molar refractivity (Wildman–Crippen MR) is 158 cm³/mol. The van der Waals surface area contributed by atoms with Crippen LogP contribution in [0.2, 0.25) is 0 Å². The number of aromatic nitrogens is 3. The molecule has 0 amide bonds. The van der Waals surface area contributed by atoms with E-state index in [1.807, 2.05) is 25.3 Å². The van der Waals surface area contributed by atoms with Gasteiger partial charge in [-0.3, -0.25) is 10.1 Å². The minimum absolute atomic E-state index is 0.0985. The molecule has 4 aromatic rings. The number of aromatic amines is 1. The first kappa shape index (κ1) is 27.1. The van der Waals surface area contributed by atoms with Crippen LogP contribution in [0.1, 0.15) is 61.8 Å². The number of H-pyrrole nitrogens is 1. The Balaban J connectivity index is 1.48. The van der Waals surface area contributed by atoms with Crippen LogP contribution in [-0.4, -0.2) is 45.8 Å². The Morgan fingerprint density at radius 3 is 2.59 bits per heavy atom. The first-order chi connectivity index (χ1) is 18.9. The van der Waals surface area contributed by atoms with E-state index in [9.17, 15) is 9.90 Å². The zero-order valence-corrected chi connectivity index (χ0v) is 23.4. The largest absolute Gasteiger partial charge is 0.374 e. The smallest absolute Gasteiger partial charge is 0.252 e. The first-order valence-corrected chi connectivity index (χ1v) is 14.1. The Morgan fingerprint density at radius 2 is 1.90 bits per heavy atom. The standard InChI is InChI=1S/C31H40N6O2/c1-5-6-22-15-21(4)35-31(39)27(22)19-34-30(38)26-16-24(17-28-25(26)9-12-37(28)20(2)3)23-7-8-29(33-18-23)36-13-10-32-11-14-36/h7-9,12,15-18,20,30,32,34,38H,5-6,10-11,13-14,19H2,1-4H3,(H,35,39). The third-order valence-electron chi connectivity index (χ3n) is 7.60. The van der Waals surface area contributed by atoms with Crippen molar-refractivity contribution in [3.63, 3.8) is 0 Å². The van der Waals surface area contributed by atoms with E-state index in [1.54, 1.807) is 0 Å². The number of aliphatic hydroxyl groups is 1. The second kappa shape index (κ2) is 11.7. The number of nitrogens with zero attached hydrogens (tertiary/aromatic N) is 3. The summed E-state index contributed by atoms with van der Waals surface area (Å²) in [5.41, 5.74) is 6.31. The lowest BCUT2D eigenvalue weighted by molar-refractivity contribution is 0.138. The molecule has 1 saturated heterocycles. The van der Waals surface area contributed by atoms with Crippen molar-refractivity contribution in [2.45, 2.75) is 59.4 Å². The van der Waals surface area contributed by atoms with Crippen molar-refractivity contribution < 1.29 is 5.11 Å². The van der Waals surface area contributed by atoms with Gasteiger partial charge in [0.1, 0.15) is 12.0 Å². The molecule has 1 fully saturated rings. The third-order valence-corrected chi connectivity index (χ3v) is 7.60. The Bertz CT molecular complexity index is 1480. The molecule has 1 unspecified atom stereocenters. The van der Waals surface area contributed by atoms with Gasteiger partial charge in [-0.1, -0.05) is 13.3 Å². The van der Waals surface area contributed by atoms with E-state index in [0.29, 0.717) is 5.56 Å². The van der Waals surface area contributed by atoms with Gasteiger partial charge >= 0.3 is 0 Å². The minimum Gasteiger partial charge on any atom is -0.374 e. The number of hydrogen-bond donors (Lipinski definition) is 4. The van der Waals surface area contributed by atoms with E-state index < -0.39 is 6.23 Å². The number of piperazine rings is 1. The summed E-state index contributed by atoms with van der Waals surface area (Å²) < 4.78 is 2.22. The minimum atomic E-state index is -0.946. The maximum absolute atomic E-state index is 12.8. The van der Waals surface area contributed by atoms with Gasteiger partial charge in [0, 0.05) is 84.4 Å². The molecule has 0 radical (unpaired) electrons. The summed E-state index contributed by atoms with van der Waals surface area (Å²) in [6, 6.07) is 12.8. The zero-order valence-electron chi connectivity index (χ0n) is 23.4. The summed E-state index contributed by atoms with van der Waals surface area (Å²) in [4.78, 5) is 22.7. The topological polar surface area (TPSA) is 98.2 Å². The zero-order chi connectivity index (χ0) is 27.5. The Labute approximate surface area is 230 Å². The highest BCUT2D eigenvalue weighted by atomic mass is 16.3. The Kier molecular flexibility index (Phi) is 8.16. The van der Waals surface area contributed by atoms with Crippen LogP contribution in [0.15, 0.2) is 53.6 Å². The number of pyridine rings is 2. The number of aryl methyl sites for hydroxylation is 2. The van der Waals surface area contributed by atoms with Crippen molar-refractivity contribution >= 4 is 16.7 Å². The molecule has 1 aliphatic rings. The van der Waals surface area contributed by atoms with Gasteiger partial charge in [0.05, 0.1) is 0 Å². The van der Waals surface area contributed by atoms with Crippen LogP contribution in [0.4, 0.5) is 5.82 Å². The second-order valence-electron chi connectivity index (χ2n) is 10.8. The van der Waals surface area contributed by atoms with Crippen molar-refractivity contribution in [1.82, 2.24) is 25.2 Å². The maximum atomic E-state index is 12.8. The van der Waals surface area contributed by atoms with Gasteiger partial charge in [0.15, 0.2) is 0 Å². The highest BCUT2D eigenvalue weighted by molar-refractivity contribution is 5.89.